The zero-order valence-electron chi connectivity index (χ0n) is 25.6. The molecule has 0 aliphatic rings. The van der Waals surface area contributed by atoms with Gasteiger partial charge in [-0.15, -0.1) is 0 Å². The van der Waals surface area contributed by atoms with E-state index in [4.69, 9.17) is 9.05 Å². The van der Waals surface area contributed by atoms with E-state index in [0.29, 0.717) is 17.4 Å². The Morgan fingerprint density at radius 1 is 0.872 bits per heavy atom. The van der Waals surface area contributed by atoms with Gasteiger partial charge in [0.1, 0.15) is 13.2 Å². The number of phosphoric acid groups is 1. The summed E-state index contributed by atoms with van der Waals surface area (Å²) < 4.78 is 22.8. The van der Waals surface area contributed by atoms with Gasteiger partial charge in [0, 0.05) is 6.42 Å². The first kappa shape index (κ1) is 38.0. The highest BCUT2D eigenvalue weighted by atomic mass is 31.2. The van der Waals surface area contributed by atoms with Crippen LogP contribution in [0.5, 0.6) is 0 Å². The van der Waals surface area contributed by atoms with Crippen LogP contribution < -0.4 is 10.2 Å². The summed E-state index contributed by atoms with van der Waals surface area (Å²) in [5, 5.41) is 13.5. The van der Waals surface area contributed by atoms with E-state index in [-0.39, 0.29) is 19.1 Å². The number of hydrogen-bond acceptors (Lipinski definition) is 6. The Kier molecular flexibility index (Phi) is 23.0. The van der Waals surface area contributed by atoms with Crippen LogP contribution in [0.25, 0.3) is 0 Å². The second-order valence-electron chi connectivity index (χ2n) is 11.5. The maximum Gasteiger partial charge on any atom is 0.268 e. The molecule has 0 aliphatic carbocycles. The number of carbonyl (C=O) groups excluding carboxylic acids is 1. The molecule has 0 saturated heterocycles. The zero-order valence-corrected chi connectivity index (χ0v) is 26.5. The van der Waals surface area contributed by atoms with Crippen molar-refractivity contribution in [2.45, 2.75) is 122 Å². The van der Waals surface area contributed by atoms with E-state index < -0.39 is 20.0 Å². The molecule has 0 radical (unpaired) electrons. The number of quaternary nitrogens is 1. The van der Waals surface area contributed by atoms with Crippen LogP contribution >= 0.6 is 7.82 Å². The van der Waals surface area contributed by atoms with Gasteiger partial charge in [0.05, 0.1) is 39.9 Å². The summed E-state index contributed by atoms with van der Waals surface area (Å²) in [5.41, 5.74) is 0. The number of hydrogen-bond donors (Lipinski definition) is 2. The molecule has 1 amide bonds. The minimum Gasteiger partial charge on any atom is -0.756 e. The van der Waals surface area contributed by atoms with Gasteiger partial charge in [0.2, 0.25) is 5.91 Å². The highest BCUT2D eigenvalue weighted by molar-refractivity contribution is 7.45. The maximum atomic E-state index is 12.6. The van der Waals surface area contributed by atoms with Gasteiger partial charge in [-0.1, -0.05) is 89.5 Å². The predicted octanol–water partition coefficient (Wildman–Crippen LogP) is 6.04. The first-order valence-corrected chi connectivity index (χ1v) is 16.7. The molecule has 9 heteroatoms. The Hall–Kier alpha value is -1.02. The van der Waals surface area contributed by atoms with Gasteiger partial charge < -0.3 is 28.8 Å². The van der Waals surface area contributed by atoms with Crippen molar-refractivity contribution in [3.63, 3.8) is 0 Å². The summed E-state index contributed by atoms with van der Waals surface area (Å²) in [6.45, 7) is 4.46. The lowest BCUT2D eigenvalue weighted by atomic mass is 10.1. The molecule has 0 aromatic heterocycles. The van der Waals surface area contributed by atoms with E-state index in [1.54, 1.807) is 6.08 Å². The summed E-state index contributed by atoms with van der Waals surface area (Å²) >= 11 is 0. The zero-order chi connectivity index (χ0) is 29.4. The minimum absolute atomic E-state index is 0.00316. The number of allylic oxidation sites excluding steroid dienone is 3. The SMILES string of the molecule is CCC/C=C\CCCCCCCC(=O)NC(COP(=O)([O-])OCC[N+](C)(C)C)C(O)/C=C/CCCCCCC. The average Bonchev–Trinajstić information content (AvgIpc) is 2.86. The Balaban J connectivity index is 4.67. The fraction of sp³-hybridized carbons (Fsp3) is 0.833. The van der Waals surface area contributed by atoms with Gasteiger partial charge in [-0.3, -0.25) is 9.36 Å². The number of nitrogens with zero attached hydrogens (tertiary/aromatic N) is 1. The van der Waals surface area contributed by atoms with Crippen LogP contribution in [0, 0.1) is 0 Å². The summed E-state index contributed by atoms with van der Waals surface area (Å²) in [5.74, 6) is -0.218. The minimum atomic E-state index is -4.56. The average molecular weight is 575 g/mol. The van der Waals surface area contributed by atoms with Gasteiger partial charge in [-0.2, -0.15) is 0 Å². The molecule has 8 nitrogen and oxygen atoms in total. The third kappa shape index (κ3) is 25.7. The molecular weight excluding hydrogens is 515 g/mol. The summed E-state index contributed by atoms with van der Waals surface area (Å²) in [7, 11) is 1.24. The van der Waals surface area contributed by atoms with Gasteiger partial charge in [0.15, 0.2) is 0 Å². The smallest absolute Gasteiger partial charge is 0.268 e. The topological polar surface area (TPSA) is 108 Å². The first-order valence-electron chi connectivity index (χ1n) is 15.2. The summed E-state index contributed by atoms with van der Waals surface area (Å²) in [6, 6.07) is -0.881. The molecule has 2 N–H and O–H groups in total. The highest BCUT2D eigenvalue weighted by Gasteiger charge is 2.23. The normalized spacial score (nSPS) is 15.6. The first-order chi connectivity index (χ1) is 18.5. The molecule has 0 aromatic carbocycles. The second kappa shape index (κ2) is 23.7. The lowest BCUT2D eigenvalue weighted by molar-refractivity contribution is -0.870. The van der Waals surface area contributed by atoms with Crippen LogP contribution in [0.2, 0.25) is 0 Å². The van der Waals surface area contributed by atoms with Crippen molar-refractivity contribution in [2.24, 2.45) is 0 Å². The summed E-state index contributed by atoms with van der Waals surface area (Å²) in [4.78, 5) is 24.8. The monoisotopic (exact) mass is 574 g/mol. The van der Waals surface area contributed by atoms with E-state index >= 15 is 0 Å². The van der Waals surface area contributed by atoms with Crippen molar-refractivity contribution in [3.8, 4) is 0 Å². The number of aliphatic hydroxyl groups is 1. The lowest BCUT2D eigenvalue weighted by Gasteiger charge is -2.29. The van der Waals surface area contributed by atoms with Crippen molar-refractivity contribution in [1.82, 2.24) is 5.32 Å². The molecule has 0 aliphatic heterocycles. The Labute approximate surface area is 239 Å². The van der Waals surface area contributed by atoms with Crippen LogP contribution in [0.3, 0.4) is 0 Å². The second-order valence-corrected chi connectivity index (χ2v) is 12.9. The predicted molar refractivity (Wildman–Crippen MR) is 159 cm³/mol. The quantitative estimate of drug-likeness (QED) is 0.0564. The molecule has 0 spiro atoms. The molecule has 3 unspecified atom stereocenters. The fourth-order valence-corrected chi connectivity index (χ4v) is 4.58. The number of carbonyl (C=O) groups is 1. The molecule has 39 heavy (non-hydrogen) atoms. The third-order valence-electron chi connectivity index (χ3n) is 6.39. The molecule has 230 valence electrons. The molecule has 0 heterocycles. The van der Waals surface area contributed by atoms with Crippen molar-refractivity contribution in [3.05, 3.63) is 24.3 Å². The Morgan fingerprint density at radius 3 is 2.10 bits per heavy atom. The molecular formula is C30H59N2O6P. The van der Waals surface area contributed by atoms with E-state index in [2.05, 4.69) is 31.3 Å². The molecule has 0 aromatic rings. The van der Waals surface area contributed by atoms with Crippen LogP contribution in [0.15, 0.2) is 24.3 Å². The van der Waals surface area contributed by atoms with Crippen molar-refractivity contribution in [2.75, 3.05) is 40.9 Å². The molecule has 3 atom stereocenters. The number of likely N-dealkylation sites (N-methyl/N-ethyl adjacent to an activating group) is 1. The molecule has 0 saturated carbocycles. The van der Waals surface area contributed by atoms with E-state index in [0.717, 1.165) is 64.2 Å². The number of amides is 1. The van der Waals surface area contributed by atoms with Crippen molar-refractivity contribution >= 4 is 13.7 Å². The van der Waals surface area contributed by atoms with E-state index in [9.17, 15) is 19.4 Å². The standard InChI is InChI=1S/C30H59N2O6P/c1-6-8-10-12-14-15-16-18-20-22-24-30(34)31-28(29(33)23-21-19-17-13-11-9-7-2)27-38-39(35,36)37-26-25-32(3,4)5/h10,12,21,23,28-29,33H,6-9,11,13-20,22,24-27H2,1-5H3,(H-,31,34,35,36)/b12-10-,23-21+. The number of unbranched alkanes of at least 4 members (excludes halogenated alkanes) is 11. The van der Waals surface area contributed by atoms with Gasteiger partial charge in [0.25, 0.3) is 7.82 Å². The molecule has 0 bridgehead atoms. The van der Waals surface area contributed by atoms with Gasteiger partial charge in [-0.25, -0.2) is 0 Å². The van der Waals surface area contributed by atoms with Crippen molar-refractivity contribution in [1.29, 1.82) is 0 Å². The Bertz CT molecular complexity index is 708. The van der Waals surface area contributed by atoms with Crippen LogP contribution in [-0.4, -0.2) is 68.5 Å². The number of nitrogens with one attached hydrogen (secondary N) is 1. The number of rotatable bonds is 26. The van der Waals surface area contributed by atoms with E-state index in [1.807, 2.05) is 27.2 Å². The fourth-order valence-electron chi connectivity index (χ4n) is 3.86. The van der Waals surface area contributed by atoms with Gasteiger partial charge in [-0.05, 0) is 38.5 Å². The van der Waals surface area contributed by atoms with Crippen LogP contribution in [0.4, 0.5) is 0 Å². The lowest BCUT2D eigenvalue weighted by Crippen LogP contribution is -2.45. The number of phosphoric ester groups is 1. The van der Waals surface area contributed by atoms with Crippen LogP contribution in [0.1, 0.15) is 110 Å². The van der Waals surface area contributed by atoms with Crippen molar-refractivity contribution < 1.29 is 32.9 Å². The van der Waals surface area contributed by atoms with Gasteiger partial charge >= 0.3 is 0 Å². The summed E-state index contributed by atoms with van der Waals surface area (Å²) in [6.07, 6.45) is 22.4. The largest absolute Gasteiger partial charge is 0.756 e. The number of aliphatic hydroxyl groups excluding tert-OH is 1. The molecule has 0 rings (SSSR count). The Morgan fingerprint density at radius 2 is 1.46 bits per heavy atom. The van der Waals surface area contributed by atoms with E-state index in [1.165, 1.54) is 25.7 Å². The maximum absolute atomic E-state index is 12.6. The van der Waals surface area contributed by atoms with Crippen LogP contribution in [-0.2, 0) is 18.4 Å². The third-order valence-corrected chi connectivity index (χ3v) is 7.35. The highest BCUT2D eigenvalue weighted by Crippen LogP contribution is 2.38. The molecule has 0 fully saturated rings.